The normalized spacial score (nSPS) is 21.4. The number of piperidine rings is 1. The summed E-state index contributed by atoms with van der Waals surface area (Å²) in [4.78, 5) is 14.4. The van der Waals surface area contributed by atoms with Crippen LogP contribution in [0.25, 0.3) is 0 Å². The van der Waals surface area contributed by atoms with Crippen molar-refractivity contribution in [1.29, 1.82) is 0 Å². The lowest BCUT2D eigenvalue weighted by Gasteiger charge is -2.37. The summed E-state index contributed by atoms with van der Waals surface area (Å²) in [6.07, 6.45) is 10.7. The van der Waals surface area contributed by atoms with Crippen molar-refractivity contribution in [3.05, 3.63) is 53.9 Å². The second-order valence-electron chi connectivity index (χ2n) is 7.88. The Morgan fingerprint density at radius 1 is 0.889 bits per heavy atom. The van der Waals surface area contributed by atoms with E-state index in [1.54, 1.807) is 0 Å². The Labute approximate surface area is 162 Å². The van der Waals surface area contributed by atoms with Crippen molar-refractivity contribution in [3.8, 4) is 0 Å². The minimum atomic E-state index is 0.688. The highest BCUT2D eigenvalue weighted by Crippen LogP contribution is 2.22. The molecule has 1 aromatic carbocycles. The first-order chi connectivity index (χ1) is 13.4. The lowest BCUT2D eigenvalue weighted by Crippen LogP contribution is -2.45. The van der Waals surface area contributed by atoms with E-state index in [0.717, 1.165) is 13.1 Å². The molecule has 0 bridgehead atoms. The predicted octanol–water partition coefficient (Wildman–Crippen LogP) is 3.54. The summed E-state index contributed by atoms with van der Waals surface area (Å²) < 4.78 is 0. The highest BCUT2D eigenvalue weighted by molar-refractivity contribution is 5.27. The Balaban J connectivity index is 1.31. The molecule has 3 heterocycles. The molecule has 2 fully saturated rings. The van der Waals surface area contributed by atoms with E-state index in [1.165, 1.54) is 69.4 Å². The Hall–Kier alpha value is -1.98. The molecule has 0 amide bonds. The van der Waals surface area contributed by atoms with Crippen LogP contribution in [0.4, 0.5) is 5.95 Å². The number of nitrogens with zero attached hydrogens (tertiary/aromatic N) is 4. The smallest absolute Gasteiger partial charge is 0.222 e. The van der Waals surface area contributed by atoms with Gasteiger partial charge in [-0.05, 0) is 50.9 Å². The summed E-state index contributed by atoms with van der Waals surface area (Å²) >= 11 is 0. The molecule has 1 atom stereocenters. The zero-order valence-corrected chi connectivity index (χ0v) is 16.2. The lowest BCUT2D eigenvalue weighted by molar-refractivity contribution is 0.106. The Bertz CT molecular complexity index is 682. The third kappa shape index (κ3) is 5.27. The minimum Gasteiger partial charge on any atom is -0.350 e. The SMILES string of the molecule is c1ccc(CNc2ncc(CN3CCCC[C@H]3CN3CCCC3)cn2)cc1. The molecule has 1 N–H and O–H groups in total. The molecular formula is C22H31N5. The van der Waals surface area contributed by atoms with Gasteiger partial charge in [0.25, 0.3) is 0 Å². The number of hydrogen-bond donors (Lipinski definition) is 1. The van der Waals surface area contributed by atoms with Crippen LogP contribution in [0.15, 0.2) is 42.7 Å². The number of rotatable bonds is 7. The quantitative estimate of drug-likeness (QED) is 0.813. The van der Waals surface area contributed by atoms with Gasteiger partial charge in [0, 0.05) is 43.6 Å². The molecule has 1 aromatic heterocycles. The van der Waals surface area contributed by atoms with Gasteiger partial charge >= 0.3 is 0 Å². The molecule has 27 heavy (non-hydrogen) atoms. The van der Waals surface area contributed by atoms with Crippen molar-refractivity contribution in [2.45, 2.75) is 51.2 Å². The Morgan fingerprint density at radius 2 is 1.63 bits per heavy atom. The average molecular weight is 366 g/mol. The summed E-state index contributed by atoms with van der Waals surface area (Å²) in [5.74, 6) is 0.704. The van der Waals surface area contributed by atoms with Gasteiger partial charge in [0.15, 0.2) is 0 Å². The largest absolute Gasteiger partial charge is 0.350 e. The van der Waals surface area contributed by atoms with E-state index in [4.69, 9.17) is 0 Å². The van der Waals surface area contributed by atoms with Crippen molar-refractivity contribution >= 4 is 5.95 Å². The molecule has 2 aromatic rings. The van der Waals surface area contributed by atoms with Gasteiger partial charge in [0.1, 0.15) is 0 Å². The monoisotopic (exact) mass is 365 g/mol. The fourth-order valence-electron chi connectivity index (χ4n) is 4.28. The van der Waals surface area contributed by atoms with E-state index in [9.17, 15) is 0 Å². The van der Waals surface area contributed by atoms with Gasteiger partial charge < -0.3 is 10.2 Å². The number of nitrogens with one attached hydrogen (secondary N) is 1. The van der Waals surface area contributed by atoms with Crippen molar-refractivity contribution in [1.82, 2.24) is 19.8 Å². The third-order valence-corrected chi connectivity index (χ3v) is 5.80. The molecule has 0 saturated carbocycles. The fraction of sp³-hybridized carbons (Fsp3) is 0.545. The molecule has 0 radical (unpaired) electrons. The van der Waals surface area contributed by atoms with Crippen molar-refractivity contribution in [2.75, 3.05) is 31.5 Å². The number of likely N-dealkylation sites (tertiary alicyclic amines) is 2. The van der Waals surface area contributed by atoms with Crippen LogP contribution < -0.4 is 5.32 Å². The fourth-order valence-corrected chi connectivity index (χ4v) is 4.28. The summed E-state index contributed by atoms with van der Waals surface area (Å²) in [5, 5.41) is 3.31. The highest BCUT2D eigenvalue weighted by atomic mass is 15.2. The standard InChI is InChI=1S/C22H31N5/c1-2-8-19(9-3-1)14-23-22-24-15-20(16-25-22)17-27-13-5-4-10-21(27)18-26-11-6-7-12-26/h1-3,8-9,15-16,21H,4-7,10-14,17-18H2,(H,23,24,25)/t21-/m0/s1. The topological polar surface area (TPSA) is 44.3 Å². The molecule has 2 aliphatic rings. The van der Waals surface area contributed by atoms with E-state index >= 15 is 0 Å². The van der Waals surface area contributed by atoms with E-state index in [2.05, 4.69) is 49.4 Å². The first kappa shape index (κ1) is 18.4. The van der Waals surface area contributed by atoms with Gasteiger partial charge in [0.05, 0.1) is 0 Å². The summed E-state index contributed by atoms with van der Waals surface area (Å²) in [7, 11) is 0. The molecule has 2 aliphatic heterocycles. The number of hydrogen-bond acceptors (Lipinski definition) is 5. The van der Waals surface area contributed by atoms with Crippen molar-refractivity contribution < 1.29 is 0 Å². The first-order valence-corrected chi connectivity index (χ1v) is 10.4. The molecule has 5 nitrogen and oxygen atoms in total. The second-order valence-corrected chi connectivity index (χ2v) is 7.88. The van der Waals surface area contributed by atoms with Crippen LogP contribution in [0.1, 0.15) is 43.2 Å². The van der Waals surface area contributed by atoms with Crippen molar-refractivity contribution in [3.63, 3.8) is 0 Å². The van der Waals surface area contributed by atoms with Crippen LogP contribution in [0.2, 0.25) is 0 Å². The van der Waals surface area contributed by atoms with E-state index in [1.807, 2.05) is 18.5 Å². The predicted molar refractivity (Wildman–Crippen MR) is 110 cm³/mol. The number of anilines is 1. The zero-order valence-electron chi connectivity index (χ0n) is 16.2. The van der Waals surface area contributed by atoms with Crippen LogP contribution in [0.3, 0.4) is 0 Å². The van der Waals surface area contributed by atoms with Gasteiger partial charge in [-0.2, -0.15) is 0 Å². The molecule has 4 rings (SSSR count). The first-order valence-electron chi connectivity index (χ1n) is 10.4. The maximum Gasteiger partial charge on any atom is 0.222 e. The number of aromatic nitrogens is 2. The summed E-state index contributed by atoms with van der Waals surface area (Å²) in [6, 6.07) is 11.0. The van der Waals surface area contributed by atoms with Crippen LogP contribution in [0, 0.1) is 0 Å². The summed E-state index contributed by atoms with van der Waals surface area (Å²) in [6.45, 7) is 6.73. The third-order valence-electron chi connectivity index (χ3n) is 5.80. The van der Waals surface area contributed by atoms with Gasteiger partial charge in [-0.1, -0.05) is 36.8 Å². The number of benzene rings is 1. The minimum absolute atomic E-state index is 0.688. The van der Waals surface area contributed by atoms with Crippen LogP contribution in [-0.2, 0) is 13.1 Å². The molecule has 0 unspecified atom stereocenters. The lowest BCUT2D eigenvalue weighted by atomic mass is 10.0. The van der Waals surface area contributed by atoms with Gasteiger partial charge in [0.2, 0.25) is 5.95 Å². The molecule has 2 saturated heterocycles. The maximum absolute atomic E-state index is 4.53. The van der Waals surface area contributed by atoms with Gasteiger partial charge in [-0.25, -0.2) is 9.97 Å². The van der Waals surface area contributed by atoms with Gasteiger partial charge in [-0.3, -0.25) is 4.90 Å². The summed E-state index contributed by atoms with van der Waals surface area (Å²) in [5.41, 5.74) is 2.46. The van der Waals surface area contributed by atoms with Crippen LogP contribution in [0.5, 0.6) is 0 Å². The highest BCUT2D eigenvalue weighted by Gasteiger charge is 2.25. The van der Waals surface area contributed by atoms with E-state index in [0.29, 0.717) is 12.0 Å². The average Bonchev–Trinajstić information content (AvgIpc) is 3.23. The zero-order chi connectivity index (χ0) is 18.3. The van der Waals surface area contributed by atoms with Gasteiger partial charge in [-0.15, -0.1) is 0 Å². The molecular weight excluding hydrogens is 334 g/mol. The van der Waals surface area contributed by atoms with E-state index in [-0.39, 0.29) is 0 Å². The van der Waals surface area contributed by atoms with Crippen LogP contribution in [-0.4, -0.2) is 52.0 Å². The van der Waals surface area contributed by atoms with E-state index < -0.39 is 0 Å². The molecule has 144 valence electrons. The molecule has 0 aliphatic carbocycles. The second kappa shape index (κ2) is 9.29. The molecule has 5 heteroatoms. The Morgan fingerprint density at radius 3 is 2.41 bits per heavy atom. The molecule has 0 spiro atoms. The van der Waals surface area contributed by atoms with Crippen LogP contribution >= 0.6 is 0 Å². The maximum atomic E-state index is 4.53. The van der Waals surface area contributed by atoms with Crippen molar-refractivity contribution in [2.24, 2.45) is 0 Å². The Kier molecular flexibility index (Phi) is 6.32.